The highest BCUT2D eigenvalue weighted by molar-refractivity contribution is 5.84. The first-order valence-electron chi connectivity index (χ1n) is 7.70. The number of hydrogen-bond acceptors (Lipinski definition) is 4. The third kappa shape index (κ3) is 10.1. The van der Waals surface area contributed by atoms with E-state index in [9.17, 15) is 14.4 Å². The van der Waals surface area contributed by atoms with E-state index in [2.05, 4.69) is 29.8 Å². The van der Waals surface area contributed by atoms with Gasteiger partial charge in [0.05, 0.1) is 0 Å². The van der Waals surface area contributed by atoms with Gasteiger partial charge in [0.1, 0.15) is 0 Å². The summed E-state index contributed by atoms with van der Waals surface area (Å²) < 4.78 is 0. The Kier molecular flexibility index (Phi) is 9.40. The zero-order valence-corrected chi connectivity index (χ0v) is 14.1. The van der Waals surface area contributed by atoms with Crippen molar-refractivity contribution < 1.29 is 14.4 Å². The second-order valence-electron chi connectivity index (χ2n) is 6.24. The molecule has 22 heavy (non-hydrogen) atoms. The summed E-state index contributed by atoms with van der Waals surface area (Å²) in [6.45, 7) is 8.57. The van der Waals surface area contributed by atoms with Gasteiger partial charge in [-0.1, -0.05) is 13.8 Å². The van der Waals surface area contributed by atoms with E-state index in [1.807, 2.05) is 6.92 Å². The lowest BCUT2D eigenvalue weighted by atomic mass is 9.90. The maximum Gasteiger partial charge on any atom is 0.220 e. The van der Waals surface area contributed by atoms with Gasteiger partial charge in [-0.2, -0.15) is 0 Å². The highest BCUT2D eigenvalue weighted by Gasteiger charge is 2.25. The standard InChI is InChI=1S/C15H30N4O3/c1-11(2)9-15(4,10-16)19-14(22)6-5-13(21)18-8-7-17-12(3)20/h11H,5-10,16H2,1-4H3,(H,17,20)(H,18,21)(H,19,22). The highest BCUT2D eigenvalue weighted by Crippen LogP contribution is 2.15. The topological polar surface area (TPSA) is 113 Å². The summed E-state index contributed by atoms with van der Waals surface area (Å²) in [6, 6.07) is 0. The Morgan fingerprint density at radius 2 is 1.59 bits per heavy atom. The fraction of sp³-hybridized carbons (Fsp3) is 0.800. The molecular formula is C15H30N4O3. The van der Waals surface area contributed by atoms with E-state index in [-0.39, 0.29) is 30.6 Å². The van der Waals surface area contributed by atoms with Gasteiger partial charge in [0.2, 0.25) is 17.7 Å². The molecule has 5 N–H and O–H groups in total. The molecule has 0 saturated carbocycles. The molecule has 0 aromatic carbocycles. The van der Waals surface area contributed by atoms with Crippen LogP contribution in [-0.4, -0.2) is 42.9 Å². The normalized spacial score (nSPS) is 13.4. The first kappa shape index (κ1) is 20.4. The van der Waals surface area contributed by atoms with Gasteiger partial charge >= 0.3 is 0 Å². The van der Waals surface area contributed by atoms with Crippen molar-refractivity contribution in [1.29, 1.82) is 0 Å². The predicted molar refractivity (Wildman–Crippen MR) is 86.0 cm³/mol. The van der Waals surface area contributed by atoms with Gasteiger partial charge in [-0.05, 0) is 19.3 Å². The van der Waals surface area contributed by atoms with Gasteiger partial charge in [-0.3, -0.25) is 14.4 Å². The minimum absolute atomic E-state index is 0.119. The monoisotopic (exact) mass is 314 g/mol. The summed E-state index contributed by atoms with van der Waals surface area (Å²) >= 11 is 0. The predicted octanol–water partition coefficient (Wildman–Crippen LogP) is -0.101. The fourth-order valence-corrected chi connectivity index (χ4v) is 2.24. The Morgan fingerprint density at radius 1 is 1.05 bits per heavy atom. The number of rotatable bonds is 10. The van der Waals surface area contributed by atoms with Crippen molar-refractivity contribution in [3.8, 4) is 0 Å². The molecule has 0 heterocycles. The lowest BCUT2D eigenvalue weighted by molar-refractivity contribution is -0.127. The van der Waals surface area contributed by atoms with E-state index in [1.165, 1.54) is 6.92 Å². The molecule has 0 aromatic heterocycles. The van der Waals surface area contributed by atoms with Crippen LogP contribution in [0, 0.1) is 5.92 Å². The van der Waals surface area contributed by atoms with Gasteiger partial charge in [0.25, 0.3) is 0 Å². The molecule has 7 nitrogen and oxygen atoms in total. The van der Waals surface area contributed by atoms with Gasteiger partial charge < -0.3 is 21.7 Å². The zero-order chi connectivity index (χ0) is 17.2. The largest absolute Gasteiger partial charge is 0.355 e. The van der Waals surface area contributed by atoms with Crippen LogP contribution in [0.25, 0.3) is 0 Å². The molecule has 0 bridgehead atoms. The lowest BCUT2D eigenvalue weighted by Gasteiger charge is -2.31. The van der Waals surface area contributed by atoms with E-state index < -0.39 is 5.54 Å². The molecule has 0 saturated heterocycles. The second-order valence-corrected chi connectivity index (χ2v) is 6.24. The molecule has 0 aliphatic carbocycles. The zero-order valence-electron chi connectivity index (χ0n) is 14.1. The number of nitrogens with two attached hydrogens (primary N) is 1. The Bertz CT molecular complexity index is 385. The lowest BCUT2D eigenvalue weighted by Crippen LogP contribution is -2.52. The average Bonchev–Trinajstić information content (AvgIpc) is 2.40. The Labute approximate surface area is 132 Å². The van der Waals surface area contributed by atoms with Crippen LogP contribution in [-0.2, 0) is 14.4 Å². The Morgan fingerprint density at radius 3 is 2.09 bits per heavy atom. The van der Waals surface area contributed by atoms with E-state index in [1.54, 1.807) is 0 Å². The average molecular weight is 314 g/mol. The van der Waals surface area contributed by atoms with Crippen LogP contribution in [0.4, 0.5) is 0 Å². The molecule has 0 aliphatic heterocycles. The first-order valence-corrected chi connectivity index (χ1v) is 7.70. The molecule has 1 unspecified atom stereocenters. The number of carbonyl (C=O) groups is 3. The third-order valence-corrected chi connectivity index (χ3v) is 3.15. The van der Waals surface area contributed by atoms with E-state index in [0.717, 1.165) is 6.42 Å². The molecular weight excluding hydrogens is 284 g/mol. The van der Waals surface area contributed by atoms with Crippen LogP contribution in [0.3, 0.4) is 0 Å². The maximum absolute atomic E-state index is 11.9. The summed E-state index contributed by atoms with van der Waals surface area (Å²) in [7, 11) is 0. The summed E-state index contributed by atoms with van der Waals surface area (Å²) in [5.74, 6) is -0.102. The van der Waals surface area contributed by atoms with E-state index >= 15 is 0 Å². The number of hydrogen-bond donors (Lipinski definition) is 4. The van der Waals surface area contributed by atoms with Crippen molar-refractivity contribution >= 4 is 17.7 Å². The van der Waals surface area contributed by atoms with Crippen molar-refractivity contribution in [3.05, 3.63) is 0 Å². The van der Waals surface area contributed by atoms with Crippen LogP contribution in [0.5, 0.6) is 0 Å². The summed E-state index contributed by atoms with van der Waals surface area (Å²) in [5, 5.41) is 8.13. The van der Waals surface area contributed by atoms with Crippen LogP contribution >= 0.6 is 0 Å². The van der Waals surface area contributed by atoms with Crippen LogP contribution in [0.15, 0.2) is 0 Å². The van der Waals surface area contributed by atoms with Gasteiger partial charge in [-0.25, -0.2) is 0 Å². The van der Waals surface area contributed by atoms with Gasteiger partial charge in [0.15, 0.2) is 0 Å². The molecule has 3 amide bonds. The first-order chi connectivity index (χ1) is 10.2. The quantitative estimate of drug-likeness (QED) is 0.422. The Hall–Kier alpha value is -1.63. The molecule has 128 valence electrons. The molecule has 0 fully saturated rings. The van der Waals surface area contributed by atoms with E-state index in [0.29, 0.717) is 25.6 Å². The summed E-state index contributed by atoms with van der Waals surface area (Å²) in [6.07, 6.45) is 1.03. The van der Waals surface area contributed by atoms with Crippen LogP contribution in [0.2, 0.25) is 0 Å². The molecule has 0 radical (unpaired) electrons. The summed E-state index contributed by atoms with van der Waals surface area (Å²) in [4.78, 5) is 34.1. The molecule has 0 aromatic rings. The second kappa shape index (κ2) is 10.2. The van der Waals surface area contributed by atoms with E-state index in [4.69, 9.17) is 5.73 Å². The maximum atomic E-state index is 11.9. The van der Waals surface area contributed by atoms with Gasteiger partial charge in [0, 0.05) is 44.9 Å². The number of amides is 3. The molecule has 1 atom stereocenters. The molecule has 0 aliphatic rings. The minimum Gasteiger partial charge on any atom is -0.355 e. The van der Waals surface area contributed by atoms with Crippen LogP contribution in [0.1, 0.15) is 47.0 Å². The molecule has 7 heteroatoms. The van der Waals surface area contributed by atoms with Crippen molar-refractivity contribution in [2.45, 2.75) is 52.5 Å². The fourth-order valence-electron chi connectivity index (χ4n) is 2.24. The molecule has 0 rings (SSSR count). The van der Waals surface area contributed by atoms with Crippen LogP contribution < -0.4 is 21.7 Å². The summed E-state index contributed by atoms with van der Waals surface area (Å²) in [5.41, 5.74) is 5.30. The SMILES string of the molecule is CC(=O)NCCNC(=O)CCC(=O)NC(C)(CN)CC(C)C. The van der Waals surface area contributed by atoms with Crippen molar-refractivity contribution in [3.63, 3.8) is 0 Å². The van der Waals surface area contributed by atoms with Crippen molar-refractivity contribution in [1.82, 2.24) is 16.0 Å². The van der Waals surface area contributed by atoms with Crippen molar-refractivity contribution in [2.24, 2.45) is 11.7 Å². The number of carbonyl (C=O) groups excluding carboxylic acids is 3. The number of nitrogens with one attached hydrogen (secondary N) is 3. The highest BCUT2D eigenvalue weighted by atomic mass is 16.2. The van der Waals surface area contributed by atoms with Crippen molar-refractivity contribution in [2.75, 3.05) is 19.6 Å². The Balaban J connectivity index is 4.01. The minimum atomic E-state index is -0.437. The molecule has 0 spiro atoms. The smallest absolute Gasteiger partial charge is 0.220 e. The van der Waals surface area contributed by atoms with Gasteiger partial charge in [-0.15, -0.1) is 0 Å². The third-order valence-electron chi connectivity index (χ3n) is 3.15.